The third-order valence-electron chi connectivity index (χ3n) is 3.18. The van der Waals surface area contributed by atoms with Crippen molar-refractivity contribution in [3.63, 3.8) is 0 Å². The standard InChI is InChI=1S/C16H18N2O3/c1-10-8-11(2)18-15(14(10)16(19)20)17-9-12-4-6-13(21-3)7-5-12/h4-8H,9H2,1-3H3,(H,17,18)(H,19,20). The lowest BCUT2D eigenvalue weighted by Crippen LogP contribution is -2.11. The largest absolute Gasteiger partial charge is 0.497 e. The van der Waals surface area contributed by atoms with Crippen LogP contribution < -0.4 is 10.1 Å². The molecule has 0 radical (unpaired) electrons. The molecule has 0 aliphatic carbocycles. The molecule has 5 heteroatoms. The Morgan fingerprint density at radius 2 is 1.95 bits per heavy atom. The number of aryl methyl sites for hydroxylation is 2. The van der Waals surface area contributed by atoms with Crippen molar-refractivity contribution < 1.29 is 14.6 Å². The second-order valence-corrected chi connectivity index (χ2v) is 4.81. The van der Waals surface area contributed by atoms with Gasteiger partial charge in [-0.05, 0) is 43.2 Å². The van der Waals surface area contributed by atoms with Gasteiger partial charge < -0.3 is 15.2 Å². The molecular weight excluding hydrogens is 268 g/mol. The van der Waals surface area contributed by atoms with E-state index in [4.69, 9.17) is 4.74 Å². The van der Waals surface area contributed by atoms with Gasteiger partial charge >= 0.3 is 5.97 Å². The first-order valence-corrected chi connectivity index (χ1v) is 6.59. The summed E-state index contributed by atoms with van der Waals surface area (Å²) in [5.74, 6) is 0.211. The van der Waals surface area contributed by atoms with E-state index in [1.54, 1.807) is 20.1 Å². The number of carboxylic acids is 1. The second kappa shape index (κ2) is 6.26. The van der Waals surface area contributed by atoms with Crippen LogP contribution in [0.15, 0.2) is 30.3 Å². The van der Waals surface area contributed by atoms with Gasteiger partial charge in [-0.25, -0.2) is 9.78 Å². The van der Waals surface area contributed by atoms with E-state index in [-0.39, 0.29) is 5.56 Å². The summed E-state index contributed by atoms with van der Waals surface area (Å²) in [6.07, 6.45) is 0. The Hall–Kier alpha value is -2.56. The van der Waals surface area contributed by atoms with E-state index in [1.165, 1.54) is 0 Å². The molecule has 0 atom stereocenters. The Bertz CT molecular complexity index is 651. The number of carbonyl (C=O) groups is 1. The number of nitrogens with zero attached hydrogens (tertiary/aromatic N) is 1. The Labute approximate surface area is 123 Å². The first-order chi connectivity index (χ1) is 10.0. The van der Waals surface area contributed by atoms with Gasteiger partial charge in [0.25, 0.3) is 0 Å². The summed E-state index contributed by atoms with van der Waals surface area (Å²) in [5.41, 5.74) is 2.73. The van der Waals surface area contributed by atoms with E-state index in [1.807, 2.05) is 31.2 Å². The number of carboxylic acid groups (broad SMARTS) is 1. The highest BCUT2D eigenvalue weighted by Gasteiger charge is 2.15. The maximum absolute atomic E-state index is 11.4. The van der Waals surface area contributed by atoms with Gasteiger partial charge in [-0.3, -0.25) is 0 Å². The Balaban J connectivity index is 2.20. The lowest BCUT2D eigenvalue weighted by molar-refractivity contribution is 0.0697. The molecule has 0 amide bonds. The lowest BCUT2D eigenvalue weighted by atomic mass is 10.1. The molecule has 0 saturated carbocycles. The van der Waals surface area contributed by atoms with Crippen LogP contribution in [0.25, 0.3) is 0 Å². The maximum atomic E-state index is 11.4. The molecule has 1 heterocycles. The number of benzene rings is 1. The molecule has 0 spiro atoms. The molecule has 1 aromatic carbocycles. The second-order valence-electron chi connectivity index (χ2n) is 4.81. The summed E-state index contributed by atoms with van der Waals surface area (Å²) in [6.45, 7) is 4.12. The molecule has 2 N–H and O–H groups in total. The van der Waals surface area contributed by atoms with Gasteiger partial charge in [0, 0.05) is 12.2 Å². The predicted octanol–water partition coefficient (Wildman–Crippen LogP) is 3.02. The molecule has 2 rings (SSSR count). The lowest BCUT2D eigenvalue weighted by Gasteiger charge is -2.12. The minimum Gasteiger partial charge on any atom is -0.497 e. The Morgan fingerprint density at radius 1 is 1.29 bits per heavy atom. The van der Waals surface area contributed by atoms with E-state index in [0.717, 1.165) is 17.0 Å². The minimum atomic E-state index is -0.975. The highest BCUT2D eigenvalue weighted by molar-refractivity contribution is 5.94. The molecule has 110 valence electrons. The van der Waals surface area contributed by atoms with Crippen molar-refractivity contribution in [1.82, 2.24) is 4.98 Å². The zero-order valence-corrected chi connectivity index (χ0v) is 12.3. The van der Waals surface area contributed by atoms with Gasteiger partial charge in [-0.1, -0.05) is 12.1 Å². The summed E-state index contributed by atoms with van der Waals surface area (Å²) in [4.78, 5) is 15.6. The van der Waals surface area contributed by atoms with E-state index in [2.05, 4.69) is 10.3 Å². The van der Waals surface area contributed by atoms with Gasteiger partial charge in [0.15, 0.2) is 0 Å². The number of methoxy groups -OCH3 is 1. The van der Waals surface area contributed by atoms with Crippen LogP contribution in [0.2, 0.25) is 0 Å². The van der Waals surface area contributed by atoms with Crippen LogP contribution in [0, 0.1) is 13.8 Å². The molecular formula is C16H18N2O3. The highest BCUT2D eigenvalue weighted by atomic mass is 16.5. The first kappa shape index (κ1) is 14.8. The monoisotopic (exact) mass is 286 g/mol. The topological polar surface area (TPSA) is 71.5 Å². The van der Waals surface area contributed by atoms with E-state index >= 15 is 0 Å². The fourth-order valence-electron chi connectivity index (χ4n) is 2.16. The van der Waals surface area contributed by atoms with E-state index in [9.17, 15) is 9.90 Å². The molecule has 21 heavy (non-hydrogen) atoms. The third kappa shape index (κ3) is 3.51. The number of aromatic nitrogens is 1. The molecule has 0 aliphatic heterocycles. The number of hydrogen-bond donors (Lipinski definition) is 2. The smallest absolute Gasteiger partial charge is 0.339 e. The zero-order chi connectivity index (χ0) is 15.4. The molecule has 1 aromatic heterocycles. The predicted molar refractivity (Wildman–Crippen MR) is 81.0 cm³/mol. The van der Waals surface area contributed by atoms with Crippen molar-refractivity contribution in [2.24, 2.45) is 0 Å². The Morgan fingerprint density at radius 3 is 2.52 bits per heavy atom. The molecule has 0 unspecified atom stereocenters. The average Bonchev–Trinajstić information content (AvgIpc) is 2.44. The van der Waals surface area contributed by atoms with Gasteiger partial charge in [-0.2, -0.15) is 0 Å². The SMILES string of the molecule is COc1ccc(CNc2nc(C)cc(C)c2C(=O)O)cc1. The number of nitrogens with one attached hydrogen (secondary N) is 1. The van der Waals surface area contributed by atoms with E-state index in [0.29, 0.717) is 17.9 Å². The van der Waals surface area contributed by atoms with Gasteiger partial charge in [-0.15, -0.1) is 0 Å². The summed E-state index contributed by atoms with van der Waals surface area (Å²) in [7, 11) is 1.62. The number of rotatable bonds is 5. The van der Waals surface area contributed by atoms with Crippen molar-refractivity contribution in [3.8, 4) is 5.75 Å². The number of pyridine rings is 1. The maximum Gasteiger partial charge on any atom is 0.339 e. The van der Waals surface area contributed by atoms with Gasteiger partial charge in [0.1, 0.15) is 17.1 Å². The van der Waals surface area contributed by atoms with Crippen LogP contribution in [0.1, 0.15) is 27.2 Å². The van der Waals surface area contributed by atoms with E-state index < -0.39 is 5.97 Å². The van der Waals surface area contributed by atoms with Crippen molar-refractivity contribution in [2.75, 3.05) is 12.4 Å². The minimum absolute atomic E-state index is 0.217. The van der Waals surface area contributed by atoms with Crippen LogP contribution >= 0.6 is 0 Å². The summed E-state index contributed by atoms with van der Waals surface area (Å²) >= 11 is 0. The summed E-state index contributed by atoms with van der Waals surface area (Å²) in [6, 6.07) is 9.35. The third-order valence-corrected chi connectivity index (χ3v) is 3.18. The highest BCUT2D eigenvalue weighted by Crippen LogP contribution is 2.20. The molecule has 5 nitrogen and oxygen atoms in total. The first-order valence-electron chi connectivity index (χ1n) is 6.59. The number of aromatic carboxylic acids is 1. The fourth-order valence-corrected chi connectivity index (χ4v) is 2.16. The molecule has 0 aliphatic rings. The number of ether oxygens (including phenoxy) is 1. The van der Waals surface area contributed by atoms with Crippen LogP contribution in [0.3, 0.4) is 0 Å². The normalized spacial score (nSPS) is 10.2. The van der Waals surface area contributed by atoms with Crippen LogP contribution in [0.5, 0.6) is 5.75 Å². The molecule has 0 bridgehead atoms. The molecule has 2 aromatic rings. The van der Waals surface area contributed by atoms with Crippen LogP contribution in [-0.4, -0.2) is 23.2 Å². The molecule has 0 saturated heterocycles. The number of hydrogen-bond acceptors (Lipinski definition) is 4. The van der Waals surface area contributed by atoms with Gasteiger partial charge in [0.05, 0.1) is 7.11 Å². The van der Waals surface area contributed by atoms with Crippen LogP contribution in [0.4, 0.5) is 5.82 Å². The summed E-state index contributed by atoms with van der Waals surface area (Å²) in [5, 5.41) is 12.4. The summed E-state index contributed by atoms with van der Waals surface area (Å²) < 4.78 is 5.10. The van der Waals surface area contributed by atoms with Crippen LogP contribution in [-0.2, 0) is 6.54 Å². The average molecular weight is 286 g/mol. The number of anilines is 1. The van der Waals surface area contributed by atoms with Crippen molar-refractivity contribution in [3.05, 3.63) is 52.7 Å². The van der Waals surface area contributed by atoms with Crippen molar-refractivity contribution >= 4 is 11.8 Å². The zero-order valence-electron chi connectivity index (χ0n) is 12.3. The Kier molecular flexibility index (Phi) is 4.42. The molecule has 0 fully saturated rings. The van der Waals surface area contributed by atoms with Crippen molar-refractivity contribution in [1.29, 1.82) is 0 Å². The van der Waals surface area contributed by atoms with Crippen molar-refractivity contribution in [2.45, 2.75) is 20.4 Å². The van der Waals surface area contributed by atoms with Gasteiger partial charge in [0.2, 0.25) is 0 Å². The fraction of sp³-hybridized carbons (Fsp3) is 0.250. The quantitative estimate of drug-likeness (QED) is 0.884.